The zero-order valence-electron chi connectivity index (χ0n) is 13.6. The molecule has 4 heteroatoms. The molecule has 22 heavy (non-hydrogen) atoms. The number of hydrogen-bond acceptors (Lipinski definition) is 4. The molecule has 1 aromatic carbocycles. The first-order valence-electron chi connectivity index (χ1n) is 8.03. The van der Waals surface area contributed by atoms with Gasteiger partial charge in [0.05, 0.1) is 6.61 Å². The molecule has 4 nitrogen and oxygen atoms in total. The summed E-state index contributed by atoms with van der Waals surface area (Å²) >= 11 is 0. The van der Waals surface area contributed by atoms with Gasteiger partial charge in [0.1, 0.15) is 6.29 Å². The highest BCUT2D eigenvalue weighted by Crippen LogP contribution is 2.33. The third-order valence-corrected chi connectivity index (χ3v) is 4.50. The number of nitrogens with one attached hydrogen (secondary N) is 1. The predicted molar refractivity (Wildman–Crippen MR) is 88.4 cm³/mol. The van der Waals surface area contributed by atoms with Gasteiger partial charge in [0, 0.05) is 44.4 Å². The summed E-state index contributed by atoms with van der Waals surface area (Å²) < 4.78 is 10.8. The van der Waals surface area contributed by atoms with Crippen LogP contribution in [-0.2, 0) is 19.7 Å². The molecule has 0 saturated carbocycles. The van der Waals surface area contributed by atoms with Crippen LogP contribution < -0.4 is 5.32 Å². The maximum absolute atomic E-state index is 11.1. The first kappa shape index (κ1) is 17.0. The van der Waals surface area contributed by atoms with E-state index >= 15 is 0 Å². The average molecular weight is 305 g/mol. The normalized spacial score (nSPS) is 18.6. The molecule has 0 spiro atoms. The molecule has 1 heterocycles. The van der Waals surface area contributed by atoms with Gasteiger partial charge in [0.25, 0.3) is 0 Å². The lowest BCUT2D eigenvalue weighted by Gasteiger charge is -2.31. The van der Waals surface area contributed by atoms with Crippen molar-refractivity contribution in [3.8, 4) is 0 Å². The summed E-state index contributed by atoms with van der Waals surface area (Å²) in [5.41, 5.74) is 1.96. The van der Waals surface area contributed by atoms with E-state index in [-0.39, 0.29) is 5.41 Å². The van der Waals surface area contributed by atoms with Crippen molar-refractivity contribution >= 4 is 12.0 Å². The smallest absolute Gasteiger partial charge is 0.120 e. The summed E-state index contributed by atoms with van der Waals surface area (Å²) in [6, 6.07) is 8.24. The van der Waals surface area contributed by atoms with Crippen LogP contribution in [0.15, 0.2) is 24.3 Å². The highest BCUT2D eigenvalue weighted by Gasteiger charge is 2.29. The van der Waals surface area contributed by atoms with Crippen LogP contribution in [0, 0.1) is 5.92 Å². The molecule has 0 radical (unpaired) electrons. The lowest BCUT2D eigenvalue weighted by molar-refractivity contribution is -0.109. The minimum absolute atomic E-state index is 0.296. The zero-order valence-corrected chi connectivity index (χ0v) is 13.6. The van der Waals surface area contributed by atoms with E-state index in [4.69, 9.17) is 9.47 Å². The summed E-state index contributed by atoms with van der Waals surface area (Å²) in [7, 11) is 1.68. The molecule has 1 fully saturated rings. The zero-order chi connectivity index (χ0) is 15.8. The molecule has 1 aliphatic rings. The summed E-state index contributed by atoms with van der Waals surface area (Å²) in [5, 5.41) is 3.58. The molecule has 1 unspecified atom stereocenters. The molecule has 0 amide bonds. The molecule has 1 atom stereocenters. The topological polar surface area (TPSA) is 47.6 Å². The minimum Gasteiger partial charge on any atom is -0.385 e. The number of para-hydroxylation sites is 1. The Hall–Kier alpha value is -1.39. The van der Waals surface area contributed by atoms with Crippen LogP contribution in [-0.4, -0.2) is 39.8 Å². The molecule has 0 aliphatic carbocycles. The van der Waals surface area contributed by atoms with E-state index in [0.717, 1.165) is 50.1 Å². The van der Waals surface area contributed by atoms with Gasteiger partial charge in [0.2, 0.25) is 0 Å². The minimum atomic E-state index is -0.296. The van der Waals surface area contributed by atoms with Gasteiger partial charge >= 0.3 is 0 Å². The maximum Gasteiger partial charge on any atom is 0.120 e. The Morgan fingerprint density at radius 3 is 2.77 bits per heavy atom. The number of rotatable bonds is 8. The molecule has 2 rings (SSSR count). The predicted octanol–water partition coefficient (Wildman–Crippen LogP) is 3.02. The van der Waals surface area contributed by atoms with Gasteiger partial charge in [-0.05, 0) is 30.4 Å². The molecule has 0 aromatic heterocycles. The van der Waals surface area contributed by atoms with Crippen LogP contribution in [0.25, 0.3) is 0 Å². The fourth-order valence-electron chi connectivity index (χ4n) is 3.12. The number of carbonyl (C=O) groups excluding carboxylic acids is 1. The second kappa shape index (κ2) is 8.30. The second-order valence-corrected chi connectivity index (χ2v) is 6.35. The van der Waals surface area contributed by atoms with E-state index in [9.17, 15) is 4.79 Å². The molecule has 1 N–H and O–H groups in total. The molecule has 1 aliphatic heterocycles. The molecule has 1 saturated heterocycles. The van der Waals surface area contributed by atoms with Gasteiger partial charge in [-0.2, -0.15) is 0 Å². The Labute approximate surface area is 133 Å². The fourth-order valence-corrected chi connectivity index (χ4v) is 3.12. The summed E-state index contributed by atoms with van der Waals surface area (Å²) in [5.74, 6) is 0.654. The van der Waals surface area contributed by atoms with E-state index in [1.165, 1.54) is 0 Å². The van der Waals surface area contributed by atoms with E-state index < -0.39 is 0 Å². The molecular weight excluding hydrogens is 278 g/mol. The fraction of sp³-hybridized carbons (Fsp3) is 0.611. The van der Waals surface area contributed by atoms with Crippen molar-refractivity contribution in [1.82, 2.24) is 0 Å². The number of anilines is 1. The standard InChI is InChI=1S/C18H27NO3/c1-18(9-10-20,14-21-2)16-5-3-4-6-17(16)19-13-15-7-11-22-12-8-15/h3-6,10,15,19H,7-9,11-14H2,1-2H3. The van der Waals surface area contributed by atoms with Crippen LogP contribution in [0.5, 0.6) is 0 Å². The molecular formula is C18H27NO3. The van der Waals surface area contributed by atoms with Gasteiger partial charge in [-0.15, -0.1) is 0 Å². The Bertz CT molecular complexity index is 471. The highest BCUT2D eigenvalue weighted by atomic mass is 16.5. The average Bonchev–Trinajstić information content (AvgIpc) is 2.55. The SMILES string of the molecule is COCC(C)(CC=O)c1ccccc1NCC1CCOCC1. The van der Waals surface area contributed by atoms with Crippen molar-refractivity contribution in [1.29, 1.82) is 0 Å². The van der Waals surface area contributed by atoms with Gasteiger partial charge in [-0.1, -0.05) is 25.1 Å². The number of hydrogen-bond donors (Lipinski definition) is 1. The Balaban J connectivity index is 2.12. The highest BCUT2D eigenvalue weighted by molar-refractivity contribution is 5.60. The summed E-state index contributed by atoms with van der Waals surface area (Å²) in [6.07, 6.45) is 3.66. The lowest BCUT2D eigenvalue weighted by atomic mass is 9.79. The molecule has 0 bridgehead atoms. The van der Waals surface area contributed by atoms with Crippen LogP contribution in [0.3, 0.4) is 0 Å². The first-order valence-corrected chi connectivity index (χ1v) is 8.03. The quantitative estimate of drug-likeness (QED) is 0.750. The largest absolute Gasteiger partial charge is 0.385 e. The second-order valence-electron chi connectivity index (χ2n) is 6.35. The summed E-state index contributed by atoms with van der Waals surface area (Å²) in [6.45, 7) is 5.28. The number of carbonyl (C=O) groups is 1. The van der Waals surface area contributed by atoms with Crippen molar-refractivity contribution in [3.63, 3.8) is 0 Å². The van der Waals surface area contributed by atoms with Crippen LogP contribution >= 0.6 is 0 Å². The Kier molecular flexibility index (Phi) is 6.40. The van der Waals surface area contributed by atoms with Crippen molar-refractivity contribution < 1.29 is 14.3 Å². The van der Waals surface area contributed by atoms with Gasteiger partial charge < -0.3 is 19.6 Å². The van der Waals surface area contributed by atoms with Crippen molar-refractivity contribution in [2.75, 3.05) is 38.8 Å². The number of aldehydes is 1. The van der Waals surface area contributed by atoms with Crippen LogP contribution in [0.4, 0.5) is 5.69 Å². The van der Waals surface area contributed by atoms with Crippen molar-refractivity contribution in [2.45, 2.75) is 31.6 Å². The van der Waals surface area contributed by atoms with E-state index in [1.54, 1.807) is 7.11 Å². The van der Waals surface area contributed by atoms with Crippen LogP contribution in [0.1, 0.15) is 31.7 Å². The van der Waals surface area contributed by atoms with Crippen molar-refractivity contribution in [3.05, 3.63) is 29.8 Å². The number of ether oxygens (including phenoxy) is 2. The van der Waals surface area contributed by atoms with E-state index in [0.29, 0.717) is 18.9 Å². The van der Waals surface area contributed by atoms with Gasteiger partial charge in [-0.25, -0.2) is 0 Å². The maximum atomic E-state index is 11.1. The van der Waals surface area contributed by atoms with Crippen molar-refractivity contribution in [2.24, 2.45) is 5.92 Å². The van der Waals surface area contributed by atoms with Gasteiger partial charge in [0.15, 0.2) is 0 Å². The number of methoxy groups -OCH3 is 1. The third kappa shape index (κ3) is 4.31. The third-order valence-electron chi connectivity index (χ3n) is 4.50. The Morgan fingerprint density at radius 1 is 1.36 bits per heavy atom. The van der Waals surface area contributed by atoms with E-state index in [1.807, 2.05) is 12.1 Å². The monoisotopic (exact) mass is 305 g/mol. The summed E-state index contributed by atoms with van der Waals surface area (Å²) in [4.78, 5) is 11.1. The van der Waals surface area contributed by atoms with Gasteiger partial charge in [-0.3, -0.25) is 0 Å². The van der Waals surface area contributed by atoms with Crippen LogP contribution in [0.2, 0.25) is 0 Å². The molecule has 1 aromatic rings. The lowest BCUT2D eigenvalue weighted by Crippen LogP contribution is -2.30. The first-order chi connectivity index (χ1) is 10.7. The molecule has 122 valence electrons. The van der Waals surface area contributed by atoms with E-state index in [2.05, 4.69) is 24.4 Å². The Morgan fingerprint density at radius 2 is 2.09 bits per heavy atom. The number of benzene rings is 1.